The third-order valence-corrected chi connectivity index (χ3v) is 10.7. The van der Waals surface area contributed by atoms with E-state index in [0.717, 1.165) is 0 Å². The predicted octanol–water partition coefficient (Wildman–Crippen LogP) is 1.40. The van der Waals surface area contributed by atoms with E-state index in [1.165, 1.54) is 0 Å². The van der Waals surface area contributed by atoms with Gasteiger partial charge in [0.15, 0.2) is 0 Å². The normalized spacial score (nSPS) is 14.6. The molecule has 0 atom stereocenters. The van der Waals surface area contributed by atoms with Gasteiger partial charge in [0, 0.05) is 0 Å². The summed E-state index contributed by atoms with van der Waals surface area (Å²) in [7, 11) is -12.6. The Labute approximate surface area is 93.3 Å². The van der Waals surface area contributed by atoms with Crippen molar-refractivity contribution in [2.75, 3.05) is 0 Å². The van der Waals surface area contributed by atoms with Crippen molar-refractivity contribution in [3.8, 4) is 0 Å². The van der Waals surface area contributed by atoms with Gasteiger partial charge in [-0.1, -0.05) is 7.43 Å². The van der Waals surface area contributed by atoms with Crippen molar-refractivity contribution in [3.63, 3.8) is 0 Å². The van der Waals surface area contributed by atoms with Gasteiger partial charge in [-0.15, -0.1) is 0 Å². The average Bonchev–Trinajstić information content (AvgIpc) is 1.77. The molecule has 0 aliphatic carbocycles. The standard InChI is InChI=1S/2CF3O2S.CH4.Ag/c2*2-1(3,4)7(5)6;;/h;;1H4;. The molecule has 0 fully saturated rings. The number of alkyl halides is 6. The van der Waals surface area contributed by atoms with Gasteiger partial charge in [-0.05, 0) is 0 Å². The third kappa shape index (κ3) is 4.24. The molecule has 0 bridgehead atoms. The maximum absolute atomic E-state index is 11.5. The number of halogens is 6. The molecule has 0 unspecified atom stereocenters. The van der Waals surface area contributed by atoms with Crippen molar-refractivity contribution in [2.45, 2.75) is 18.4 Å². The Balaban J connectivity index is 0. The van der Waals surface area contributed by atoms with Crippen LogP contribution in [-0.2, 0) is 31.7 Å². The van der Waals surface area contributed by atoms with Crippen LogP contribution in [0.3, 0.4) is 0 Å². The quantitative estimate of drug-likeness (QED) is 0.528. The molecule has 0 aromatic carbocycles. The van der Waals surface area contributed by atoms with Gasteiger partial charge in [0.05, 0.1) is 0 Å². The summed E-state index contributed by atoms with van der Waals surface area (Å²) in [6, 6.07) is 0. The Morgan fingerprint density at radius 3 is 1.00 bits per heavy atom. The van der Waals surface area contributed by atoms with Gasteiger partial charge in [-0.25, -0.2) is 0 Å². The van der Waals surface area contributed by atoms with E-state index >= 15 is 0 Å². The molecule has 13 heteroatoms. The number of rotatable bonds is 2. The van der Waals surface area contributed by atoms with Crippen LogP contribution in [0.15, 0.2) is 0 Å². The molecule has 0 radical (unpaired) electrons. The first kappa shape index (κ1) is 18.6. The minimum atomic E-state index is -6.32. The SMILES string of the molecule is C.O=[S](=O)([Ag][S](=O)(=O)C(F)(F)F)C(F)(F)F. The second kappa shape index (κ2) is 4.84. The Kier molecular flexibility index (Phi) is 5.62. The van der Waals surface area contributed by atoms with Crippen LogP contribution >= 0.6 is 0 Å². The van der Waals surface area contributed by atoms with Crippen LogP contribution in [0.25, 0.3) is 0 Å². The van der Waals surface area contributed by atoms with Crippen LogP contribution in [-0.4, -0.2) is 27.9 Å². The third-order valence-electron chi connectivity index (χ3n) is 0.650. The molecule has 0 aliphatic heterocycles. The summed E-state index contributed by atoms with van der Waals surface area (Å²) >= 11 is -3.34. The van der Waals surface area contributed by atoms with E-state index < -0.39 is 42.7 Å². The van der Waals surface area contributed by atoms with E-state index in [4.69, 9.17) is 0 Å². The Morgan fingerprint density at radius 1 is 0.688 bits per heavy atom. The van der Waals surface area contributed by atoms with Crippen LogP contribution in [0.5, 0.6) is 0 Å². The van der Waals surface area contributed by atoms with Gasteiger partial charge in [0.1, 0.15) is 0 Å². The molecule has 0 heterocycles. The monoisotopic (exact) mass is 389 g/mol. The van der Waals surface area contributed by atoms with Crippen LogP contribution < -0.4 is 0 Å². The first-order valence-corrected chi connectivity index (χ1v) is 8.73. The van der Waals surface area contributed by atoms with Gasteiger partial charge < -0.3 is 0 Å². The molecule has 105 valence electrons. The second-order valence-corrected chi connectivity index (χ2v) is 11.7. The van der Waals surface area contributed by atoms with Crippen molar-refractivity contribution in [3.05, 3.63) is 0 Å². The summed E-state index contributed by atoms with van der Waals surface area (Å²) in [5.74, 6) is 0. The summed E-state index contributed by atoms with van der Waals surface area (Å²) < 4.78 is 110. The molecule has 0 aliphatic rings. The fourth-order valence-corrected chi connectivity index (χ4v) is 7.67. The Morgan fingerprint density at radius 2 is 0.875 bits per heavy atom. The molecule has 4 nitrogen and oxygen atoms in total. The van der Waals surface area contributed by atoms with E-state index in [1.807, 2.05) is 0 Å². The molecule has 0 aromatic heterocycles. The van der Waals surface area contributed by atoms with E-state index in [-0.39, 0.29) is 7.43 Å². The molecule has 0 N–H and O–H groups in total. The zero-order valence-electron chi connectivity index (χ0n) is 6.02. The average molecular weight is 390 g/mol. The summed E-state index contributed by atoms with van der Waals surface area (Å²) in [4.78, 5) is 0. The van der Waals surface area contributed by atoms with Crippen molar-refractivity contribution >= 4 is 14.6 Å². The zero-order valence-corrected chi connectivity index (χ0v) is 9.13. The summed E-state index contributed by atoms with van der Waals surface area (Å²) in [6.45, 7) is 0. The van der Waals surface area contributed by atoms with Crippen molar-refractivity contribution in [1.82, 2.24) is 0 Å². The number of hydrogen-bond acceptors (Lipinski definition) is 4. The molecule has 0 amide bonds. The van der Waals surface area contributed by atoms with E-state index in [1.54, 1.807) is 0 Å². The molecule has 0 saturated carbocycles. The Hall–Kier alpha value is 0.220. The number of hydrogen-bond donors (Lipinski definition) is 0. The summed E-state index contributed by atoms with van der Waals surface area (Å²) in [5.41, 5.74) is -12.0. The van der Waals surface area contributed by atoms with E-state index in [9.17, 15) is 43.2 Å². The molecule has 0 rings (SSSR count). The molecule has 0 aromatic rings. The van der Waals surface area contributed by atoms with Gasteiger partial charge in [0.25, 0.3) is 0 Å². The fourth-order valence-electron chi connectivity index (χ4n) is 0.144. The predicted molar refractivity (Wildman–Crippen MR) is 36.7 cm³/mol. The molecule has 0 spiro atoms. The molecular weight excluding hydrogens is 386 g/mol. The Bertz CT molecular complexity index is 387. The minimum absolute atomic E-state index is 0. The van der Waals surface area contributed by atoms with Crippen LogP contribution in [0.2, 0.25) is 0 Å². The second-order valence-electron chi connectivity index (χ2n) is 1.74. The van der Waals surface area contributed by atoms with E-state index in [2.05, 4.69) is 0 Å². The first-order chi connectivity index (χ1) is 6.21. The van der Waals surface area contributed by atoms with Crippen molar-refractivity contribution < 1.29 is 60.3 Å². The fraction of sp³-hybridized carbons (Fsp3) is 1.00. The molecule has 0 saturated heterocycles. The maximum atomic E-state index is 11.5. The summed E-state index contributed by atoms with van der Waals surface area (Å²) in [6.07, 6.45) is 0. The van der Waals surface area contributed by atoms with Crippen LogP contribution in [0.1, 0.15) is 7.43 Å². The summed E-state index contributed by atoms with van der Waals surface area (Å²) in [5, 5.41) is 0. The van der Waals surface area contributed by atoms with Crippen LogP contribution in [0.4, 0.5) is 26.3 Å². The first-order valence-electron chi connectivity index (χ1n) is 2.45. The van der Waals surface area contributed by atoms with Crippen molar-refractivity contribution in [2.24, 2.45) is 0 Å². The van der Waals surface area contributed by atoms with Gasteiger partial charge >= 0.3 is 85.9 Å². The van der Waals surface area contributed by atoms with Gasteiger partial charge in [-0.2, -0.15) is 0 Å². The topological polar surface area (TPSA) is 68.3 Å². The molecule has 16 heavy (non-hydrogen) atoms. The van der Waals surface area contributed by atoms with Gasteiger partial charge in [0.2, 0.25) is 0 Å². The van der Waals surface area contributed by atoms with Crippen LogP contribution in [0, 0.1) is 0 Å². The van der Waals surface area contributed by atoms with Crippen molar-refractivity contribution in [1.29, 1.82) is 0 Å². The van der Waals surface area contributed by atoms with Gasteiger partial charge in [-0.3, -0.25) is 0 Å². The molecular formula is C3H4AgF6O4S2. The van der Waals surface area contributed by atoms with E-state index in [0.29, 0.717) is 0 Å². The zero-order chi connectivity index (χ0) is 12.7.